The number of rotatable bonds is 4. The Morgan fingerprint density at radius 2 is 1.18 bits per heavy atom. The SMILES string of the molecule is CC1(C)c2ccc(-c3ccc(N(c4ccccc4)c4ccc5sc6ccccc6c5c4)cc3)cc2Oc2c1ccc1oc3ccccc3c21. The molecule has 0 atom stereocenters. The van der Waals surface area contributed by atoms with Crippen LogP contribution in [-0.4, -0.2) is 0 Å². The summed E-state index contributed by atoms with van der Waals surface area (Å²) in [6, 6.07) is 54.1. The van der Waals surface area contributed by atoms with Crippen LogP contribution in [-0.2, 0) is 5.41 Å². The average Bonchev–Trinajstić information content (AvgIpc) is 3.71. The number of ether oxygens (including phenoxy) is 1. The molecule has 2 aromatic heterocycles. The highest BCUT2D eigenvalue weighted by Gasteiger charge is 2.36. The van der Waals surface area contributed by atoms with Crippen LogP contribution < -0.4 is 9.64 Å². The van der Waals surface area contributed by atoms with Gasteiger partial charge in [0, 0.05) is 59.2 Å². The molecule has 0 radical (unpaired) electrons. The Balaban J connectivity index is 1.05. The highest BCUT2D eigenvalue weighted by atomic mass is 32.1. The van der Waals surface area contributed by atoms with Crippen molar-refractivity contribution in [3.63, 3.8) is 0 Å². The number of nitrogens with zero attached hydrogens (tertiary/aromatic N) is 1. The van der Waals surface area contributed by atoms with Gasteiger partial charge < -0.3 is 14.1 Å². The molecular weight excluding hydrogens is 619 g/mol. The molecular formula is C45H31NO2S. The second kappa shape index (κ2) is 10.6. The summed E-state index contributed by atoms with van der Waals surface area (Å²) in [7, 11) is 0. The largest absolute Gasteiger partial charge is 0.456 e. The van der Waals surface area contributed by atoms with Crippen LogP contribution in [0.3, 0.4) is 0 Å². The number of hydrogen-bond acceptors (Lipinski definition) is 4. The summed E-state index contributed by atoms with van der Waals surface area (Å²) in [4.78, 5) is 2.34. The van der Waals surface area contributed by atoms with E-state index in [-0.39, 0.29) is 5.41 Å². The Kier molecular flexibility index (Phi) is 6.09. The van der Waals surface area contributed by atoms with E-state index in [1.807, 2.05) is 23.5 Å². The van der Waals surface area contributed by atoms with Crippen molar-refractivity contribution in [2.75, 3.05) is 4.90 Å². The van der Waals surface area contributed by atoms with Gasteiger partial charge in [-0.15, -0.1) is 11.3 Å². The molecule has 3 nitrogen and oxygen atoms in total. The number of fused-ring (bicyclic) bond motifs is 9. The molecule has 0 amide bonds. The van der Waals surface area contributed by atoms with Gasteiger partial charge in [0.2, 0.25) is 0 Å². The van der Waals surface area contributed by atoms with Gasteiger partial charge in [-0.05, 0) is 77.9 Å². The molecule has 0 bridgehead atoms. The molecule has 0 aliphatic carbocycles. The lowest BCUT2D eigenvalue weighted by molar-refractivity contribution is 0.423. The molecule has 10 rings (SSSR count). The van der Waals surface area contributed by atoms with Crippen LogP contribution in [0, 0.1) is 0 Å². The van der Waals surface area contributed by atoms with Crippen molar-refractivity contribution in [1.82, 2.24) is 0 Å². The number of thiophene rings is 1. The Hall–Kier alpha value is -5.84. The Bertz CT molecular complexity index is 2720. The number of benzene rings is 7. The minimum atomic E-state index is -0.233. The summed E-state index contributed by atoms with van der Waals surface area (Å²) in [5.74, 6) is 1.78. The van der Waals surface area contributed by atoms with E-state index in [2.05, 4.69) is 158 Å². The molecule has 49 heavy (non-hydrogen) atoms. The van der Waals surface area contributed by atoms with E-state index in [1.54, 1.807) is 0 Å². The molecule has 0 fully saturated rings. The van der Waals surface area contributed by atoms with Crippen molar-refractivity contribution in [1.29, 1.82) is 0 Å². The van der Waals surface area contributed by atoms with Gasteiger partial charge in [-0.1, -0.05) is 98.8 Å². The second-order valence-electron chi connectivity index (χ2n) is 13.3. The first kappa shape index (κ1) is 28.2. The molecule has 0 saturated heterocycles. The van der Waals surface area contributed by atoms with Crippen molar-refractivity contribution in [2.24, 2.45) is 0 Å². The maximum absolute atomic E-state index is 6.82. The summed E-state index contributed by atoms with van der Waals surface area (Å²) < 4.78 is 15.7. The normalized spacial score (nSPS) is 13.4. The number of para-hydroxylation sites is 2. The maximum Gasteiger partial charge on any atom is 0.143 e. The first-order chi connectivity index (χ1) is 24.0. The van der Waals surface area contributed by atoms with E-state index in [0.717, 1.165) is 61.6 Å². The van der Waals surface area contributed by atoms with E-state index in [1.165, 1.54) is 31.3 Å². The third-order valence-electron chi connectivity index (χ3n) is 10.1. The molecule has 1 aliphatic heterocycles. The van der Waals surface area contributed by atoms with Gasteiger partial charge >= 0.3 is 0 Å². The van der Waals surface area contributed by atoms with Crippen LogP contribution in [0.2, 0.25) is 0 Å². The zero-order chi connectivity index (χ0) is 32.7. The predicted octanol–water partition coefficient (Wildman–Crippen LogP) is 13.5. The van der Waals surface area contributed by atoms with Gasteiger partial charge in [-0.3, -0.25) is 0 Å². The van der Waals surface area contributed by atoms with Crippen molar-refractivity contribution in [2.45, 2.75) is 19.3 Å². The van der Waals surface area contributed by atoms with E-state index in [4.69, 9.17) is 9.15 Å². The summed E-state index contributed by atoms with van der Waals surface area (Å²) >= 11 is 1.85. The van der Waals surface area contributed by atoms with Crippen LogP contribution in [0.1, 0.15) is 25.0 Å². The first-order valence-electron chi connectivity index (χ1n) is 16.7. The summed E-state index contributed by atoms with van der Waals surface area (Å²) in [5.41, 5.74) is 9.46. The fraction of sp³-hybridized carbons (Fsp3) is 0.0667. The molecule has 0 saturated carbocycles. The highest BCUT2D eigenvalue weighted by Crippen LogP contribution is 2.53. The molecule has 1 aliphatic rings. The quantitative estimate of drug-likeness (QED) is 0.190. The molecule has 234 valence electrons. The lowest BCUT2D eigenvalue weighted by Gasteiger charge is -2.35. The van der Waals surface area contributed by atoms with Gasteiger partial charge in [0.15, 0.2) is 0 Å². The topological polar surface area (TPSA) is 25.6 Å². The van der Waals surface area contributed by atoms with Crippen molar-refractivity contribution < 1.29 is 9.15 Å². The third kappa shape index (κ3) is 4.34. The number of furan rings is 1. The standard InChI is InChI=1S/C45H31NO2S/c1-45(2)36-22-18-29(26-40(36)48-44-37(45)23-24-39-43(44)34-13-6-8-14-38(34)47-39)28-16-19-31(20-17-28)46(30-10-4-3-5-11-30)32-21-25-42-35(27-32)33-12-7-9-15-41(33)49-42/h3-27H,1-2H3. The highest BCUT2D eigenvalue weighted by molar-refractivity contribution is 7.25. The molecule has 0 N–H and O–H groups in total. The molecule has 7 aromatic carbocycles. The summed E-state index contributed by atoms with van der Waals surface area (Å²) in [6.45, 7) is 4.56. The van der Waals surface area contributed by atoms with E-state index >= 15 is 0 Å². The van der Waals surface area contributed by atoms with Crippen LogP contribution in [0.5, 0.6) is 11.5 Å². The number of anilines is 3. The fourth-order valence-corrected chi connectivity index (χ4v) is 8.71. The van der Waals surface area contributed by atoms with Crippen LogP contribution in [0.25, 0.3) is 53.2 Å². The van der Waals surface area contributed by atoms with Crippen molar-refractivity contribution in [3.05, 3.63) is 163 Å². The van der Waals surface area contributed by atoms with Gasteiger partial charge in [-0.2, -0.15) is 0 Å². The summed E-state index contributed by atoms with van der Waals surface area (Å²) in [5, 5.41) is 4.70. The fourth-order valence-electron chi connectivity index (χ4n) is 7.62. The summed E-state index contributed by atoms with van der Waals surface area (Å²) in [6.07, 6.45) is 0. The average molecular weight is 650 g/mol. The van der Waals surface area contributed by atoms with E-state index < -0.39 is 0 Å². The van der Waals surface area contributed by atoms with Crippen LogP contribution in [0.4, 0.5) is 17.1 Å². The Labute approximate surface area is 288 Å². The van der Waals surface area contributed by atoms with E-state index in [0.29, 0.717) is 0 Å². The van der Waals surface area contributed by atoms with Gasteiger partial charge in [-0.25, -0.2) is 0 Å². The predicted molar refractivity (Wildman–Crippen MR) is 205 cm³/mol. The van der Waals surface area contributed by atoms with Crippen LogP contribution >= 0.6 is 11.3 Å². The van der Waals surface area contributed by atoms with Crippen molar-refractivity contribution in [3.8, 4) is 22.6 Å². The van der Waals surface area contributed by atoms with Gasteiger partial charge in [0.25, 0.3) is 0 Å². The van der Waals surface area contributed by atoms with Gasteiger partial charge in [0.05, 0.1) is 5.39 Å². The Morgan fingerprint density at radius 3 is 2.04 bits per heavy atom. The molecule has 3 heterocycles. The zero-order valence-electron chi connectivity index (χ0n) is 27.1. The third-order valence-corrected chi connectivity index (χ3v) is 11.3. The molecule has 9 aromatic rings. The van der Waals surface area contributed by atoms with Crippen molar-refractivity contribution >= 4 is 70.5 Å². The Morgan fingerprint density at radius 1 is 0.510 bits per heavy atom. The molecule has 0 unspecified atom stereocenters. The minimum absolute atomic E-state index is 0.233. The zero-order valence-corrected chi connectivity index (χ0v) is 27.9. The second-order valence-corrected chi connectivity index (χ2v) is 14.4. The molecule has 0 spiro atoms. The maximum atomic E-state index is 6.82. The van der Waals surface area contributed by atoms with E-state index in [9.17, 15) is 0 Å². The number of hydrogen-bond donors (Lipinski definition) is 0. The van der Waals surface area contributed by atoms with Crippen LogP contribution in [0.15, 0.2) is 156 Å². The lowest BCUT2D eigenvalue weighted by Crippen LogP contribution is -2.24. The first-order valence-corrected chi connectivity index (χ1v) is 17.5. The monoisotopic (exact) mass is 649 g/mol. The smallest absolute Gasteiger partial charge is 0.143 e. The molecule has 4 heteroatoms. The lowest BCUT2D eigenvalue weighted by atomic mass is 9.75. The minimum Gasteiger partial charge on any atom is -0.456 e. The van der Waals surface area contributed by atoms with Gasteiger partial charge in [0.1, 0.15) is 22.7 Å².